The van der Waals surface area contributed by atoms with Gasteiger partial charge in [0.05, 0.1) is 11.8 Å². The summed E-state index contributed by atoms with van der Waals surface area (Å²) >= 11 is 1.95. The third kappa shape index (κ3) is 3.35. The zero-order valence-electron chi connectivity index (χ0n) is 13.0. The maximum absolute atomic E-state index is 12.4. The van der Waals surface area contributed by atoms with E-state index in [4.69, 9.17) is 0 Å². The molecular formula is C17H21N3OS. The highest BCUT2D eigenvalue weighted by Crippen LogP contribution is 2.32. The van der Waals surface area contributed by atoms with E-state index in [-0.39, 0.29) is 5.91 Å². The molecule has 3 rings (SSSR count). The fraction of sp³-hybridized carbons (Fsp3) is 0.412. The molecule has 1 amide bonds. The second-order valence-electron chi connectivity index (χ2n) is 5.78. The van der Waals surface area contributed by atoms with E-state index in [1.807, 2.05) is 23.7 Å². The normalized spacial score (nSPS) is 16.0. The number of thioether (sulfide) groups is 1. The first-order valence-electron chi connectivity index (χ1n) is 7.63. The second-order valence-corrected chi connectivity index (χ2v) is 7.12. The Bertz CT molecular complexity index is 659. The van der Waals surface area contributed by atoms with E-state index in [9.17, 15) is 4.79 Å². The molecule has 0 saturated carbocycles. The van der Waals surface area contributed by atoms with Crippen LogP contribution < -0.4 is 0 Å². The van der Waals surface area contributed by atoms with Crippen molar-refractivity contribution in [3.8, 4) is 0 Å². The zero-order chi connectivity index (χ0) is 15.5. The van der Waals surface area contributed by atoms with E-state index in [2.05, 4.69) is 36.3 Å². The third-order valence-corrected chi connectivity index (χ3v) is 5.58. The number of hydrogen-bond donors (Lipinski definition) is 0. The van der Waals surface area contributed by atoms with Crippen LogP contribution in [0.4, 0.5) is 0 Å². The molecule has 1 aliphatic rings. The van der Waals surface area contributed by atoms with Gasteiger partial charge in [0, 0.05) is 36.5 Å². The summed E-state index contributed by atoms with van der Waals surface area (Å²) in [7, 11) is 1.84. The minimum absolute atomic E-state index is 0.104. The minimum atomic E-state index is 0.104. The Hall–Kier alpha value is -1.75. The Morgan fingerprint density at radius 3 is 2.64 bits per heavy atom. The van der Waals surface area contributed by atoms with Crippen molar-refractivity contribution in [2.75, 3.05) is 13.1 Å². The van der Waals surface area contributed by atoms with Crippen molar-refractivity contribution < 1.29 is 4.79 Å². The number of amides is 1. The molecule has 22 heavy (non-hydrogen) atoms. The highest BCUT2D eigenvalue weighted by atomic mass is 32.2. The van der Waals surface area contributed by atoms with E-state index in [1.54, 1.807) is 17.1 Å². The average molecular weight is 315 g/mol. The molecule has 0 N–H and O–H groups in total. The zero-order valence-corrected chi connectivity index (χ0v) is 13.8. The number of carbonyl (C=O) groups is 1. The van der Waals surface area contributed by atoms with Crippen LogP contribution in [0.2, 0.25) is 0 Å². The number of likely N-dealkylation sites (tertiary alicyclic amines) is 1. The first-order valence-corrected chi connectivity index (χ1v) is 8.51. The highest BCUT2D eigenvalue weighted by Gasteiger charge is 2.25. The van der Waals surface area contributed by atoms with Gasteiger partial charge < -0.3 is 4.90 Å². The van der Waals surface area contributed by atoms with Crippen molar-refractivity contribution in [3.05, 3.63) is 47.8 Å². The van der Waals surface area contributed by atoms with Gasteiger partial charge >= 0.3 is 0 Å². The molecule has 2 aromatic rings. The van der Waals surface area contributed by atoms with Crippen LogP contribution in [-0.2, 0) is 7.05 Å². The summed E-state index contributed by atoms with van der Waals surface area (Å²) in [5.41, 5.74) is 2.02. The van der Waals surface area contributed by atoms with Gasteiger partial charge in [-0.2, -0.15) is 5.10 Å². The number of rotatable bonds is 3. The summed E-state index contributed by atoms with van der Waals surface area (Å²) in [4.78, 5) is 15.7. The fourth-order valence-electron chi connectivity index (χ4n) is 2.76. The molecule has 0 spiro atoms. The lowest BCUT2D eigenvalue weighted by Crippen LogP contribution is -2.39. The lowest BCUT2D eigenvalue weighted by Gasteiger charge is -2.31. The van der Waals surface area contributed by atoms with Gasteiger partial charge in [0.2, 0.25) is 0 Å². The molecule has 1 aliphatic heterocycles. The first kappa shape index (κ1) is 15.2. The molecule has 0 radical (unpaired) electrons. The number of aryl methyl sites for hydroxylation is 2. The largest absolute Gasteiger partial charge is 0.338 e. The molecule has 0 bridgehead atoms. The van der Waals surface area contributed by atoms with Crippen molar-refractivity contribution in [3.63, 3.8) is 0 Å². The summed E-state index contributed by atoms with van der Waals surface area (Å²) in [6.45, 7) is 3.82. The molecular weight excluding hydrogens is 294 g/mol. The van der Waals surface area contributed by atoms with Crippen LogP contribution in [0, 0.1) is 6.92 Å². The molecule has 1 aromatic carbocycles. The van der Waals surface area contributed by atoms with Crippen molar-refractivity contribution in [1.29, 1.82) is 0 Å². The van der Waals surface area contributed by atoms with Crippen LogP contribution in [-0.4, -0.2) is 38.9 Å². The van der Waals surface area contributed by atoms with Gasteiger partial charge in [-0.25, -0.2) is 0 Å². The molecule has 1 saturated heterocycles. The van der Waals surface area contributed by atoms with Gasteiger partial charge in [0.25, 0.3) is 5.91 Å². The summed E-state index contributed by atoms with van der Waals surface area (Å²) in [5, 5.41) is 4.67. The topological polar surface area (TPSA) is 38.1 Å². The van der Waals surface area contributed by atoms with Crippen molar-refractivity contribution in [2.24, 2.45) is 7.05 Å². The first-order chi connectivity index (χ1) is 10.6. The summed E-state index contributed by atoms with van der Waals surface area (Å²) in [6, 6.07) is 8.52. The number of piperidine rings is 1. The molecule has 116 valence electrons. The SMILES string of the molecule is Cc1ccccc1SC1CCN(C(=O)c2cnn(C)c2)CC1. The van der Waals surface area contributed by atoms with E-state index in [0.717, 1.165) is 25.9 Å². The molecule has 0 atom stereocenters. The summed E-state index contributed by atoms with van der Waals surface area (Å²) in [6.07, 6.45) is 5.53. The predicted molar refractivity (Wildman–Crippen MR) is 89.2 cm³/mol. The van der Waals surface area contributed by atoms with Crippen LogP contribution in [0.5, 0.6) is 0 Å². The Kier molecular flexibility index (Phi) is 4.52. The number of aromatic nitrogens is 2. The maximum atomic E-state index is 12.4. The molecule has 1 aromatic heterocycles. The van der Waals surface area contributed by atoms with E-state index in [1.165, 1.54) is 10.5 Å². The van der Waals surface area contributed by atoms with Gasteiger partial charge in [-0.15, -0.1) is 11.8 Å². The fourth-order valence-corrected chi connectivity index (χ4v) is 3.98. The smallest absolute Gasteiger partial charge is 0.257 e. The molecule has 1 fully saturated rings. The van der Waals surface area contributed by atoms with E-state index >= 15 is 0 Å². The number of hydrogen-bond acceptors (Lipinski definition) is 3. The standard InChI is InChI=1S/C17H21N3OS/c1-13-5-3-4-6-16(13)22-15-7-9-20(10-8-15)17(21)14-11-18-19(2)12-14/h3-6,11-12,15H,7-10H2,1-2H3. The van der Waals surface area contributed by atoms with Gasteiger partial charge in [0.1, 0.15) is 0 Å². The van der Waals surface area contributed by atoms with Crippen LogP contribution in [0.3, 0.4) is 0 Å². The minimum Gasteiger partial charge on any atom is -0.338 e. The second kappa shape index (κ2) is 6.57. The van der Waals surface area contributed by atoms with Crippen LogP contribution >= 0.6 is 11.8 Å². The van der Waals surface area contributed by atoms with Crippen LogP contribution in [0.1, 0.15) is 28.8 Å². The molecule has 5 heteroatoms. The monoisotopic (exact) mass is 315 g/mol. The predicted octanol–water partition coefficient (Wildman–Crippen LogP) is 3.13. The molecule has 0 aliphatic carbocycles. The third-order valence-electron chi connectivity index (χ3n) is 4.07. The summed E-state index contributed by atoms with van der Waals surface area (Å²) < 4.78 is 1.67. The number of nitrogens with zero attached hydrogens (tertiary/aromatic N) is 3. The van der Waals surface area contributed by atoms with Crippen LogP contribution in [0.25, 0.3) is 0 Å². The molecule has 4 nitrogen and oxygen atoms in total. The lowest BCUT2D eigenvalue weighted by atomic mass is 10.1. The summed E-state index contributed by atoms with van der Waals surface area (Å²) in [5.74, 6) is 0.104. The van der Waals surface area contributed by atoms with Gasteiger partial charge in [-0.1, -0.05) is 18.2 Å². The van der Waals surface area contributed by atoms with E-state index < -0.39 is 0 Å². The Morgan fingerprint density at radius 1 is 1.27 bits per heavy atom. The number of benzene rings is 1. The average Bonchev–Trinajstić information content (AvgIpc) is 2.96. The van der Waals surface area contributed by atoms with Crippen LogP contribution in [0.15, 0.2) is 41.6 Å². The van der Waals surface area contributed by atoms with Crippen molar-refractivity contribution >= 4 is 17.7 Å². The lowest BCUT2D eigenvalue weighted by molar-refractivity contribution is 0.0727. The van der Waals surface area contributed by atoms with Crippen molar-refractivity contribution in [1.82, 2.24) is 14.7 Å². The number of carbonyl (C=O) groups excluding carboxylic acids is 1. The van der Waals surface area contributed by atoms with Gasteiger partial charge in [-0.05, 0) is 31.4 Å². The van der Waals surface area contributed by atoms with Crippen molar-refractivity contribution in [2.45, 2.75) is 29.9 Å². The Labute approximate surface area is 135 Å². The maximum Gasteiger partial charge on any atom is 0.257 e. The molecule has 0 unspecified atom stereocenters. The quantitative estimate of drug-likeness (QED) is 0.873. The van der Waals surface area contributed by atoms with Gasteiger partial charge in [-0.3, -0.25) is 9.48 Å². The Morgan fingerprint density at radius 2 is 2.00 bits per heavy atom. The highest BCUT2D eigenvalue weighted by molar-refractivity contribution is 8.00. The molecule has 2 heterocycles. The van der Waals surface area contributed by atoms with Gasteiger partial charge in [0.15, 0.2) is 0 Å². The Balaban J connectivity index is 1.56. The van der Waals surface area contributed by atoms with E-state index in [0.29, 0.717) is 10.8 Å².